The minimum absolute atomic E-state index is 0.0640. The third-order valence-electron chi connectivity index (χ3n) is 2.43. The minimum Gasteiger partial charge on any atom is -0.301 e. The van der Waals surface area contributed by atoms with E-state index in [4.69, 9.17) is 0 Å². The fourth-order valence-corrected chi connectivity index (χ4v) is 1.66. The van der Waals surface area contributed by atoms with Crippen molar-refractivity contribution >= 4 is 0 Å². The van der Waals surface area contributed by atoms with E-state index in [1.54, 1.807) is 11.9 Å². The molecule has 11 heavy (non-hydrogen) atoms. The Hall–Kier alpha value is -0.180. The second-order valence-electron chi connectivity index (χ2n) is 3.39. The van der Waals surface area contributed by atoms with Crippen molar-refractivity contribution in [1.82, 2.24) is 4.90 Å². The summed E-state index contributed by atoms with van der Waals surface area (Å²) in [6.45, 7) is 2.59. The second-order valence-corrected chi connectivity index (χ2v) is 3.39. The third kappa shape index (κ3) is 1.89. The molecule has 1 saturated heterocycles. The molecule has 0 aromatic heterocycles. The first-order valence-electron chi connectivity index (χ1n) is 4.12. The molecule has 0 bridgehead atoms. The van der Waals surface area contributed by atoms with Crippen molar-refractivity contribution in [2.24, 2.45) is 5.92 Å². The van der Waals surface area contributed by atoms with Crippen LogP contribution in [0.2, 0.25) is 0 Å². The predicted molar refractivity (Wildman–Crippen MR) is 40.8 cm³/mol. The van der Waals surface area contributed by atoms with Crippen molar-refractivity contribution in [1.29, 1.82) is 0 Å². The van der Waals surface area contributed by atoms with Crippen LogP contribution in [-0.4, -0.2) is 31.0 Å². The minimum atomic E-state index is -2.46. The SMILES string of the molecule is CC[C@H]1CCN(C)CC1(F)F. The summed E-state index contributed by atoms with van der Waals surface area (Å²) in [7, 11) is 1.75. The summed E-state index contributed by atoms with van der Waals surface area (Å²) in [5.74, 6) is -2.85. The lowest BCUT2D eigenvalue weighted by atomic mass is 9.91. The third-order valence-corrected chi connectivity index (χ3v) is 2.43. The van der Waals surface area contributed by atoms with Crippen molar-refractivity contribution in [3.63, 3.8) is 0 Å². The van der Waals surface area contributed by atoms with Gasteiger partial charge in [0.2, 0.25) is 0 Å². The van der Waals surface area contributed by atoms with Crippen molar-refractivity contribution in [2.75, 3.05) is 20.1 Å². The van der Waals surface area contributed by atoms with Crippen LogP contribution in [0.15, 0.2) is 0 Å². The number of rotatable bonds is 1. The summed E-state index contributed by atoms with van der Waals surface area (Å²) < 4.78 is 26.2. The summed E-state index contributed by atoms with van der Waals surface area (Å²) >= 11 is 0. The molecule has 0 aromatic rings. The van der Waals surface area contributed by atoms with E-state index in [9.17, 15) is 8.78 Å². The molecule has 1 fully saturated rings. The van der Waals surface area contributed by atoms with E-state index in [0.29, 0.717) is 12.8 Å². The molecule has 0 amide bonds. The van der Waals surface area contributed by atoms with E-state index in [0.717, 1.165) is 6.54 Å². The van der Waals surface area contributed by atoms with E-state index in [1.165, 1.54) is 0 Å². The van der Waals surface area contributed by atoms with Gasteiger partial charge in [-0.2, -0.15) is 0 Å². The number of piperidine rings is 1. The number of hydrogen-bond acceptors (Lipinski definition) is 1. The largest absolute Gasteiger partial charge is 0.301 e. The molecule has 0 N–H and O–H groups in total. The van der Waals surface area contributed by atoms with Gasteiger partial charge in [0.25, 0.3) is 5.92 Å². The predicted octanol–water partition coefficient (Wildman–Crippen LogP) is 1.98. The quantitative estimate of drug-likeness (QED) is 0.571. The fraction of sp³-hybridized carbons (Fsp3) is 1.00. The van der Waals surface area contributed by atoms with Crippen molar-refractivity contribution < 1.29 is 8.78 Å². The lowest BCUT2D eigenvalue weighted by Crippen LogP contribution is -2.46. The Morgan fingerprint density at radius 2 is 2.18 bits per heavy atom. The smallest absolute Gasteiger partial charge is 0.263 e. The van der Waals surface area contributed by atoms with Crippen LogP contribution in [0.4, 0.5) is 8.78 Å². The van der Waals surface area contributed by atoms with Crippen LogP contribution in [0.1, 0.15) is 19.8 Å². The lowest BCUT2D eigenvalue weighted by molar-refractivity contribution is -0.106. The number of alkyl halides is 2. The van der Waals surface area contributed by atoms with E-state index >= 15 is 0 Å². The van der Waals surface area contributed by atoms with Crippen LogP contribution in [0.3, 0.4) is 0 Å². The molecule has 1 rings (SSSR count). The molecule has 1 heterocycles. The highest BCUT2D eigenvalue weighted by atomic mass is 19.3. The lowest BCUT2D eigenvalue weighted by Gasteiger charge is -2.35. The van der Waals surface area contributed by atoms with Crippen LogP contribution >= 0.6 is 0 Å². The summed E-state index contributed by atoms with van der Waals surface area (Å²) in [6, 6.07) is 0. The molecule has 0 aliphatic carbocycles. The zero-order valence-corrected chi connectivity index (χ0v) is 7.11. The van der Waals surface area contributed by atoms with Crippen LogP contribution in [0, 0.1) is 5.92 Å². The van der Waals surface area contributed by atoms with Crippen LogP contribution in [-0.2, 0) is 0 Å². The van der Waals surface area contributed by atoms with Crippen LogP contribution in [0.5, 0.6) is 0 Å². The van der Waals surface area contributed by atoms with Gasteiger partial charge in [-0.15, -0.1) is 0 Å². The number of likely N-dealkylation sites (tertiary alicyclic amines) is 1. The van der Waals surface area contributed by atoms with E-state index in [2.05, 4.69) is 0 Å². The van der Waals surface area contributed by atoms with Gasteiger partial charge >= 0.3 is 0 Å². The van der Waals surface area contributed by atoms with E-state index in [1.807, 2.05) is 6.92 Å². The van der Waals surface area contributed by atoms with Gasteiger partial charge in [0.05, 0.1) is 6.54 Å². The molecule has 1 nitrogen and oxygen atoms in total. The van der Waals surface area contributed by atoms with Gasteiger partial charge < -0.3 is 4.90 Å². The number of halogens is 2. The monoisotopic (exact) mass is 163 g/mol. The Morgan fingerprint density at radius 3 is 2.64 bits per heavy atom. The molecule has 0 saturated carbocycles. The summed E-state index contributed by atoms with van der Waals surface area (Å²) in [6.07, 6.45) is 1.24. The zero-order chi connectivity index (χ0) is 8.48. The van der Waals surface area contributed by atoms with Gasteiger partial charge in [-0.25, -0.2) is 8.78 Å². The molecule has 0 aromatic carbocycles. The number of hydrogen-bond donors (Lipinski definition) is 0. The first kappa shape index (κ1) is 8.91. The molecule has 1 aliphatic heterocycles. The van der Waals surface area contributed by atoms with Crippen LogP contribution < -0.4 is 0 Å². The number of nitrogens with zero attached hydrogens (tertiary/aromatic N) is 1. The van der Waals surface area contributed by atoms with Gasteiger partial charge in [-0.3, -0.25) is 0 Å². The van der Waals surface area contributed by atoms with Gasteiger partial charge in [0.15, 0.2) is 0 Å². The van der Waals surface area contributed by atoms with Gasteiger partial charge in [-0.05, 0) is 26.4 Å². The molecule has 1 atom stereocenters. The Labute approximate surface area is 66.4 Å². The topological polar surface area (TPSA) is 3.24 Å². The molecule has 0 radical (unpaired) electrons. The highest BCUT2D eigenvalue weighted by Crippen LogP contribution is 2.33. The Bertz CT molecular complexity index is 136. The Morgan fingerprint density at radius 1 is 1.55 bits per heavy atom. The summed E-state index contributed by atoms with van der Waals surface area (Å²) in [5.41, 5.74) is 0. The van der Waals surface area contributed by atoms with Crippen molar-refractivity contribution in [3.8, 4) is 0 Å². The Balaban J connectivity index is 2.56. The standard InChI is InChI=1S/C8H15F2N/c1-3-7-4-5-11(2)6-8(7,9)10/h7H,3-6H2,1-2H3/t7-/m0/s1. The average Bonchev–Trinajstić information content (AvgIpc) is 1.85. The van der Waals surface area contributed by atoms with Crippen molar-refractivity contribution in [3.05, 3.63) is 0 Å². The normalized spacial score (nSPS) is 32.2. The Kier molecular flexibility index (Phi) is 2.47. The fourth-order valence-electron chi connectivity index (χ4n) is 1.66. The van der Waals surface area contributed by atoms with Crippen LogP contribution in [0.25, 0.3) is 0 Å². The summed E-state index contributed by atoms with van der Waals surface area (Å²) in [4.78, 5) is 1.70. The second kappa shape index (κ2) is 3.05. The molecule has 3 heteroatoms. The van der Waals surface area contributed by atoms with E-state index in [-0.39, 0.29) is 6.54 Å². The van der Waals surface area contributed by atoms with Gasteiger partial charge in [0.1, 0.15) is 0 Å². The zero-order valence-electron chi connectivity index (χ0n) is 7.11. The van der Waals surface area contributed by atoms with Crippen molar-refractivity contribution in [2.45, 2.75) is 25.7 Å². The molecular formula is C8H15F2N. The first-order chi connectivity index (χ1) is 5.06. The molecule has 0 unspecified atom stereocenters. The average molecular weight is 163 g/mol. The molecule has 66 valence electrons. The van der Waals surface area contributed by atoms with E-state index < -0.39 is 11.8 Å². The summed E-state index contributed by atoms with van der Waals surface area (Å²) in [5, 5.41) is 0. The maximum Gasteiger partial charge on any atom is 0.263 e. The maximum absolute atomic E-state index is 13.1. The van der Waals surface area contributed by atoms with Gasteiger partial charge in [0, 0.05) is 5.92 Å². The highest BCUT2D eigenvalue weighted by Gasteiger charge is 2.42. The maximum atomic E-state index is 13.1. The van der Waals surface area contributed by atoms with Gasteiger partial charge in [-0.1, -0.05) is 6.92 Å². The highest BCUT2D eigenvalue weighted by molar-refractivity contribution is 4.84. The first-order valence-corrected chi connectivity index (χ1v) is 4.12. The molecule has 0 spiro atoms. The molecule has 1 aliphatic rings. The molecular weight excluding hydrogens is 148 g/mol.